The molecule has 216 valence electrons. The Labute approximate surface area is 239 Å². The Bertz CT molecular complexity index is 1470. The number of rotatable bonds is 5. The third-order valence-corrected chi connectivity index (χ3v) is 6.31. The van der Waals surface area contributed by atoms with Crippen LogP contribution in [0.1, 0.15) is 42.0 Å². The molecule has 2 aliphatic rings. The molecule has 0 radical (unpaired) electrons. The number of hydrogen-bond acceptors (Lipinski definition) is 6. The molecule has 0 spiro atoms. The molecule has 8 heteroatoms. The number of ether oxygens (including phenoxy) is 1. The van der Waals surface area contributed by atoms with Crippen LogP contribution in [0.15, 0.2) is 81.2 Å². The Kier molecular flexibility index (Phi) is 12.9. The van der Waals surface area contributed by atoms with Gasteiger partial charge in [0.1, 0.15) is 24.9 Å². The molecule has 41 heavy (non-hydrogen) atoms. The third kappa shape index (κ3) is 9.66. The average molecular weight is 564 g/mol. The molecule has 3 aromatic rings. The highest BCUT2D eigenvalue weighted by molar-refractivity contribution is 5.81. The first-order chi connectivity index (χ1) is 19.7. The summed E-state index contributed by atoms with van der Waals surface area (Å²) >= 11 is 0. The number of fused-ring (bicyclic) bond motifs is 1. The number of carbonyl (C=O) groups is 2. The van der Waals surface area contributed by atoms with Crippen molar-refractivity contribution in [1.82, 2.24) is 5.32 Å². The van der Waals surface area contributed by atoms with Crippen LogP contribution in [0.25, 0.3) is 11.0 Å². The van der Waals surface area contributed by atoms with Crippen LogP contribution in [0.3, 0.4) is 0 Å². The van der Waals surface area contributed by atoms with E-state index in [0.717, 1.165) is 55.9 Å². The maximum atomic E-state index is 13.8. The first-order valence-corrected chi connectivity index (χ1v) is 13.0. The van der Waals surface area contributed by atoms with Crippen LogP contribution in [0.2, 0.25) is 0 Å². The average Bonchev–Trinajstić information content (AvgIpc) is 3.39. The van der Waals surface area contributed by atoms with Crippen LogP contribution < -0.4 is 10.9 Å². The lowest BCUT2D eigenvalue weighted by Crippen LogP contribution is -2.16. The molecular weight excluding hydrogens is 528 g/mol. The van der Waals surface area contributed by atoms with Gasteiger partial charge >= 0.3 is 5.63 Å². The van der Waals surface area contributed by atoms with Crippen molar-refractivity contribution < 1.29 is 27.5 Å². The summed E-state index contributed by atoms with van der Waals surface area (Å²) < 4.78 is 38.1. The lowest BCUT2D eigenvalue weighted by atomic mass is 9.99. The van der Waals surface area contributed by atoms with E-state index in [1.54, 1.807) is 18.2 Å². The second-order valence-corrected chi connectivity index (χ2v) is 9.45. The van der Waals surface area contributed by atoms with Gasteiger partial charge in [-0.15, -0.1) is 0 Å². The van der Waals surface area contributed by atoms with Crippen molar-refractivity contribution in [3.05, 3.63) is 105 Å². The van der Waals surface area contributed by atoms with Crippen molar-refractivity contribution in [1.29, 1.82) is 0 Å². The van der Waals surface area contributed by atoms with Crippen molar-refractivity contribution in [2.24, 2.45) is 5.92 Å². The van der Waals surface area contributed by atoms with Crippen LogP contribution in [-0.4, -0.2) is 33.8 Å². The molecule has 2 heterocycles. The van der Waals surface area contributed by atoms with Crippen LogP contribution >= 0.6 is 0 Å². The predicted octanol–water partition coefficient (Wildman–Crippen LogP) is 5.89. The molecule has 1 N–H and O–H groups in total. The van der Waals surface area contributed by atoms with Crippen LogP contribution in [0.4, 0.5) is 8.78 Å². The molecule has 2 aromatic carbocycles. The van der Waals surface area contributed by atoms with Gasteiger partial charge in [0.15, 0.2) is 0 Å². The number of carbonyl (C=O) groups excluding carboxylic acids is 2. The summed E-state index contributed by atoms with van der Waals surface area (Å²) in [5, 5.41) is 3.41. The molecule has 1 atom stereocenters. The zero-order chi connectivity index (χ0) is 30.4. The number of allylic oxidation sites excluding steroid dienone is 1. The molecule has 0 fully saturated rings. The highest BCUT2D eigenvalue weighted by Crippen LogP contribution is 2.32. The van der Waals surface area contributed by atoms with Gasteiger partial charge in [0, 0.05) is 43.3 Å². The van der Waals surface area contributed by atoms with Crippen molar-refractivity contribution in [2.75, 3.05) is 20.2 Å². The van der Waals surface area contributed by atoms with Gasteiger partial charge in [-0.3, -0.25) is 0 Å². The summed E-state index contributed by atoms with van der Waals surface area (Å²) in [6.45, 7) is 8.53. The number of halogens is 2. The van der Waals surface area contributed by atoms with Crippen molar-refractivity contribution in [3.63, 3.8) is 0 Å². The van der Waals surface area contributed by atoms with E-state index in [1.807, 2.05) is 51.8 Å². The fourth-order valence-corrected chi connectivity index (χ4v) is 4.36. The van der Waals surface area contributed by atoms with Gasteiger partial charge in [-0.25, -0.2) is 13.6 Å². The molecule has 0 saturated heterocycles. The fraction of sp³-hybridized carbons (Fsp3) is 0.303. The standard InChI is InChI=1S/C19H16F2O2.C12H15NO.2CH2O/c1-12-3-5-13(6-4-12)9-14-7-8-17-15(10-14)16(19(2,20)21)11-18(22)23-17;1-13-9-10-3-2-4-11-7-8-14-12(11)6-5-10;2*1-2/h3-8,10-11H,9H2,1-2H3;5-6,10,13H,4,7-9H2,1H3;2*1H2/b;6-5-;;. The van der Waals surface area contributed by atoms with E-state index in [9.17, 15) is 13.6 Å². The van der Waals surface area contributed by atoms with Gasteiger partial charge < -0.3 is 24.1 Å². The number of hydrogen-bond donors (Lipinski definition) is 1. The van der Waals surface area contributed by atoms with E-state index in [-0.39, 0.29) is 16.5 Å². The van der Waals surface area contributed by atoms with E-state index < -0.39 is 11.5 Å². The number of alkyl halides is 2. The van der Waals surface area contributed by atoms with Gasteiger partial charge in [-0.2, -0.15) is 0 Å². The summed E-state index contributed by atoms with van der Waals surface area (Å²) in [5.74, 6) is 4.73. The summed E-state index contributed by atoms with van der Waals surface area (Å²) in [4.78, 5) is 27.5. The summed E-state index contributed by atoms with van der Waals surface area (Å²) in [6.07, 6.45) is 6.76. The highest BCUT2D eigenvalue weighted by Gasteiger charge is 2.28. The monoisotopic (exact) mass is 563 g/mol. The van der Waals surface area contributed by atoms with E-state index in [0.29, 0.717) is 12.3 Å². The second-order valence-electron chi connectivity index (χ2n) is 9.45. The minimum atomic E-state index is -3.10. The van der Waals surface area contributed by atoms with Crippen LogP contribution in [-0.2, 0) is 26.7 Å². The fourth-order valence-electron chi connectivity index (χ4n) is 4.36. The number of benzene rings is 2. The van der Waals surface area contributed by atoms with Gasteiger partial charge in [0.25, 0.3) is 5.92 Å². The van der Waals surface area contributed by atoms with E-state index in [4.69, 9.17) is 18.7 Å². The quantitative estimate of drug-likeness (QED) is 0.308. The molecular formula is C33H35F2NO5. The van der Waals surface area contributed by atoms with Crippen LogP contribution in [0, 0.1) is 24.7 Å². The molecule has 6 nitrogen and oxygen atoms in total. The smallest absolute Gasteiger partial charge is 0.336 e. The second kappa shape index (κ2) is 16.0. The third-order valence-electron chi connectivity index (χ3n) is 6.31. The number of nitrogens with one attached hydrogen (secondary N) is 1. The SMILES string of the molecule is C=O.C=O.CNCC1C#CCC2=C(/C=C\1)OCC2.Cc1ccc(Cc2ccc3oc(=O)cc(C(C)(F)F)c3c2)cc1. The van der Waals surface area contributed by atoms with Crippen LogP contribution in [0.5, 0.6) is 0 Å². The maximum Gasteiger partial charge on any atom is 0.336 e. The summed E-state index contributed by atoms with van der Waals surface area (Å²) in [5.41, 5.74) is 3.63. The largest absolute Gasteiger partial charge is 0.493 e. The summed E-state index contributed by atoms with van der Waals surface area (Å²) in [6, 6.07) is 14.0. The normalized spacial score (nSPS) is 16.0. The molecule has 0 amide bonds. The molecule has 1 aliphatic carbocycles. The lowest BCUT2D eigenvalue weighted by molar-refractivity contribution is -0.0987. The van der Waals surface area contributed by atoms with Crippen molar-refractivity contribution in [3.8, 4) is 11.8 Å². The molecule has 1 aromatic heterocycles. The van der Waals surface area contributed by atoms with E-state index >= 15 is 0 Å². The molecule has 1 aliphatic heterocycles. The Morgan fingerprint density at radius 1 is 1.05 bits per heavy atom. The van der Waals surface area contributed by atoms with E-state index in [1.165, 1.54) is 11.1 Å². The topological polar surface area (TPSA) is 85.6 Å². The van der Waals surface area contributed by atoms with Crippen molar-refractivity contribution in [2.45, 2.75) is 39.0 Å². The Morgan fingerprint density at radius 3 is 2.39 bits per heavy atom. The lowest BCUT2D eigenvalue weighted by Gasteiger charge is -2.13. The summed E-state index contributed by atoms with van der Waals surface area (Å²) in [7, 11) is 1.95. The minimum absolute atomic E-state index is 0.182. The molecule has 0 saturated carbocycles. The van der Waals surface area contributed by atoms with E-state index in [2.05, 4.69) is 29.3 Å². The zero-order valence-corrected chi connectivity index (χ0v) is 23.6. The predicted molar refractivity (Wildman–Crippen MR) is 157 cm³/mol. The van der Waals surface area contributed by atoms with Gasteiger partial charge in [0.05, 0.1) is 12.5 Å². The minimum Gasteiger partial charge on any atom is -0.493 e. The molecule has 1 unspecified atom stereocenters. The number of aryl methyl sites for hydroxylation is 1. The first-order valence-electron chi connectivity index (χ1n) is 13.0. The van der Waals surface area contributed by atoms with Gasteiger partial charge in [-0.1, -0.05) is 53.8 Å². The first kappa shape index (κ1) is 32.9. The highest BCUT2D eigenvalue weighted by atomic mass is 19.3. The molecule has 0 bridgehead atoms. The Hall–Kier alpha value is -4.35. The molecule has 5 rings (SSSR count). The maximum absolute atomic E-state index is 13.8. The van der Waals surface area contributed by atoms with Crippen molar-refractivity contribution >= 4 is 24.5 Å². The zero-order valence-electron chi connectivity index (χ0n) is 23.6. The Balaban J connectivity index is 0.000000279. The Morgan fingerprint density at radius 2 is 1.73 bits per heavy atom. The van der Waals surface area contributed by atoms with Gasteiger partial charge in [0.2, 0.25) is 0 Å². The van der Waals surface area contributed by atoms with Gasteiger partial charge in [-0.05, 0) is 55.3 Å².